The number of nitrogens with one attached hydrogen (secondary N) is 6. The number of primary amides is 1. The van der Waals surface area contributed by atoms with Gasteiger partial charge in [-0.15, -0.1) is 5.06 Å². The van der Waals surface area contributed by atoms with E-state index in [0.717, 1.165) is 0 Å². The Morgan fingerprint density at radius 3 is 1.57 bits per heavy atom. The highest BCUT2D eigenvalue weighted by atomic mass is 16.7. The zero-order valence-electron chi connectivity index (χ0n) is 73.3. The second kappa shape index (κ2) is 58.5. The number of hydrogen-bond acceptors (Lipinski definition) is 26. The molecule has 12 atom stereocenters. The number of likely N-dealkylation sites (tertiary alicyclic amines) is 1. The number of aliphatic hydroxyl groups excluding tert-OH is 1. The molecule has 37 heteroatoms. The third-order valence-corrected chi connectivity index (χ3v) is 20.6. The van der Waals surface area contributed by atoms with E-state index in [0.29, 0.717) is 134 Å². The van der Waals surface area contributed by atoms with Crippen molar-refractivity contribution in [3.8, 4) is 0 Å². The van der Waals surface area contributed by atoms with Gasteiger partial charge < -0.3 is 114 Å². The van der Waals surface area contributed by atoms with E-state index in [4.69, 9.17) is 67.4 Å². The Bertz CT molecular complexity index is 3420. The normalized spacial score (nSPS) is 16.3. The summed E-state index contributed by atoms with van der Waals surface area (Å²) in [5, 5.41) is 28.2. The Balaban J connectivity index is 1.15. The minimum atomic E-state index is -1.13. The second-order valence-electron chi connectivity index (χ2n) is 30.9. The summed E-state index contributed by atoms with van der Waals surface area (Å²) in [5.41, 5.74) is 6.79. The van der Waals surface area contributed by atoms with Crippen molar-refractivity contribution in [2.75, 3.05) is 166 Å². The van der Waals surface area contributed by atoms with Crippen molar-refractivity contribution >= 4 is 76.9 Å². The van der Waals surface area contributed by atoms with E-state index in [-0.39, 0.29) is 109 Å². The fraction of sp³-hybridized carbons (Fsp3) is 0.714. The molecule has 4 rings (SSSR count). The number of nitrogens with two attached hydrogens (primary N) is 1. The van der Waals surface area contributed by atoms with Crippen molar-refractivity contribution in [1.82, 2.24) is 46.3 Å². The van der Waals surface area contributed by atoms with E-state index in [1.165, 1.54) is 26.2 Å². The lowest BCUT2D eigenvalue weighted by atomic mass is 9.89. The number of carbonyl (C=O) groups is 12. The number of methoxy groups -OCH3 is 2. The predicted molar refractivity (Wildman–Crippen MR) is 443 cm³/mol. The molecule has 0 radical (unpaired) electrons. The number of carbonyl (C=O) groups excluding carboxylic acids is 12. The number of hydrogen-bond donors (Lipinski definition) is 8. The van der Waals surface area contributed by atoms with Crippen molar-refractivity contribution in [1.29, 1.82) is 0 Å². The average Bonchev–Trinajstić information content (AvgIpc) is 1.77. The molecule has 12 amide bonds. The first-order valence-electron chi connectivity index (χ1n) is 42.0. The molecule has 0 spiro atoms. The van der Waals surface area contributed by atoms with E-state index in [1.807, 2.05) is 32.0 Å². The van der Waals surface area contributed by atoms with Crippen LogP contribution in [0.15, 0.2) is 54.6 Å². The third-order valence-electron chi connectivity index (χ3n) is 20.6. The molecule has 0 bridgehead atoms. The molecular weight excluding hydrogens is 1580 g/mol. The quantitative estimate of drug-likeness (QED) is 0.0341. The molecule has 2 saturated heterocycles. The van der Waals surface area contributed by atoms with Crippen LogP contribution in [0.1, 0.15) is 151 Å². The van der Waals surface area contributed by atoms with Crippen LogP contribution in [0.25, 0.3) is 0 Å². The number of amides is 12. The second-order valence-corrected chi connectivity index (χ2v) is 30.9. The molecule has 0 aliphatic carbocycles. The number of imide groups is 1. The highest BCUT2D eigenvalue weighted by Crippen LogP contribution is 2.31. The minimum Gasteiger partial charge on any atom is -0.445 e. The highest BCUT2D eigenvalue weighted by molar-refractivity contribution is 6.02. The summed E-state index contributed by atoms with van der Waals surface area (Å²) < 4.78 is 67.2. The fourth-order valence-corrected chi connectivity index (χ4v) is 13.7. The van der Waals surface area contributed by atoms with Crippen LogP contribution in [0.2, 0.25) is 0 Å². The van der Waals surface area contributed by atoms with Crippen LogP contribution in [0.5, 0.6) is 0 Å². The van der Waals surface area contributed by atoms with Gasteiger partial charge in [0.05, 0.1) is 174 Å². The van der Waals surface area contributed by atoms with Crippen molar-refractivity contribution in [2.24, 2.45) is 35.3 Å². The largest absolute Gasteiger partial charge is 0.445 e. The molecular formula is C84H137N11O26. The Kier molecular flexibility index (Phi) is 50.6. The fourth-order valence-electron chi connectivity index (χ4n) is 13.7. The Labute approximate surface area is 712 Å². The van der Waals surface area contributed by atoms with Gasteiger partial charge in [0.2, 0.25) is 41.4 Å². The number of nitrogens with zero attached hydrogens (tertiary/aromatic N) is 4. The molecule has 2 aliphatic heterocycles. The topological polar surface area (TPSA) is 456 Å². The van der Waals surface area contributed by atoms with Gasteiger partial charge in [0.25, 0.3) is 11.8 Å². The van der Waals surface area contributed by atoms with Gasteiger partial charge in [-0.3, -0.25) is 48.1 Å². The van der Waals surface area contributed by atoms with Crippen LogP contribution in [-0.2, 0) is 116 Å². The van der Waals surface area contributed by atoms with Crippen LogP contribution in [0.3, 0.4) is 0 Å². The summed E-state index contributed by atoms with van der Waals surface area (Å²) >= 11 is 0. The maximum absolute atomic E-state index is 14.9. The van der Waals surface area contributed by atoms with Crippen LogP contribution < -0.4 is 37.6 Å². The maximum Gasteiger partial charge on any atom is 0.410 e. The lowest BCUT2D eigenvalue weighted by molar-refractivity contribution is -0.198. The smallest absolute Gasteiger partial charge is 0.410 e. The predicted octanol–water partition coefficient (Wildman–Crippen LogP) is 4.13. The van der Waals surface area contributed by atoms with Gasteiger partial charge in [-0.2, -0.15) is 0 Å². The molecule has 0 aromatic heterocycles. The number of likely N-dealkylation sites (N-methyl/N-ethyl adjacent to an activating group) is 2. The van der Waals surface area contributed by atoms with Gasteiger partial charge in [0, 0.05) is 66.4 Å². The average molecular weight is 1720 g/mol. The Hall–Kier alpha value is -8.60. The summed E-state index contributed by atoms with van der Waals surface area (Å²) in [6.07, 6.45) is -1.27. The zero-order valence-corrected chi connectivity index (χ0v) is 73.3. The molecule has 2 aliphatic rings. The van der Waals surface area contributed by atoms with Crippen LogP contribution in [0, 0.1) is 29.6 Å². The number of rotatable bonds is 63. The Morgan fingerprint density at radius 1 is 0.579 bits per heavy atom. The molecule has 684 valence electrons. The van der Waals surface area contributed by atoms with Gasteiger partial charge in [-0.25, -0.2) is 14.4 Å². The van der Waals surface area contributed by atoms with Crippen LogP contribution in [0.4, 0.5) is 15.3 Å². The third kappa shape index (κ3) is 38.4. The molecule has 2 fully saturated rings. The van der Waals surface area contributed by atoms with Crippen molar-refractivity contribution in [3.63, 3.8) is 0 Å². The lowest BCUT2D eigenvalue weighted by Gasteiger charge is -2.41. The first-order valence-corrected chi connectivity index (χ1v) is 42.0. The van der Waals surface area contributed by atoms with Gasteiger partial charge in [0.15, 0.2) is 0 Å². The number of ether oxygens (including phenoxy) is 12. The molecule has 2 aromatic rings. The van der Waals surface area contributed by atoms with Gasteiger partial charge in [0.1, 0.15) is 30.8 Å². The summed E-state index contributed by atoms with van der Waals surface area (Å²) in [5.74, 6) is -7.25. The van der Waals surface area contributed by atoms with Gasteiger partial charge in [-0.1, -0.05) is 111 Å². The summed E-state index contributed by atoms with van der Waals surface area (Å²) in [4.78, 5) is 168. The molecule has 37 nitrogen and oxygen atoms in total. The first-order chi connectivity index (χ1) is 57.9. The standard InChI is InChI=1S/C84H137N11O26/c1-15-58(8)75(66(109-13)53-70(99)94-34-20-24-65(94)77(110-14)59(9)78(102)87-60(10)76(101)62-21-17-16-18-22-62)92(11)82(106)73(56(4)5)91-81(105)74(57(6)7)93(12)84(108)120-54-61-25-27-63(28-26-61)88-79(103)64(23-19-33-86-83(85)107)89-80(104)72(55(2)3)90-67(96)31-35-111-37-39-113-41-43-115-45-47-117-49-51-119-52-50-118-48-46-116-44-42-114-40-38-112-36-32-71(100)121-95-68(97)29-30-69(95)98/h16-18,21-22,25-28,55-60,64-66,72-77,101H,15,19-20,23-24,29-54H2,1-14H3,(H,87,102)(H,88,103)(H,89,104)(H,90,96)(H,91,105)(H3,85,86,107)/t58-,59+,60+,64-,65-,66+,72-,73-,74-,75-,76+,77+/m0/s1. The van der Waals surface area contributed by atoms with E-state index in [1.54, 1.807) is 109 Å². The Morgan fingerprint density at radius 2 is 1.09 bits per heavy atom. The highest BCUT2D eigenvalue weighted by Gasteiger charge is 2.45. The molecule has 2 aromatic carbocycles. The molecule has 9 N–H and O–H groups in total. The van der Waals surface area contributed by atoms with E-state index in [9.17, 15) is 62.6 Å². The van der Waals surface area contributed by atoms with Crippen molar-refractivity contribution in [3.05, 3.63) is 65.7 Å². The minimum absolute atomic E-state index is 0.0302. The number of urea groups is 1. The van der Waals surface area contributed by atoms with Crippen molar-refractivity contribution < 1.29 is 124 Å². The maximum atomic E-state index is 14.9. The number of aliphatic hydroxyl groups is 1. The van der Waals surface area contributed by atoms with E-state index >= 15 is 0 Å². The lowest BCUT2D eigenvalue weighted by Crippen LogP contribution is -2.60. The van der Waals surface area contributed by atoms with E-state index < -0.39 is 144 Å². The van der Waals surface area contributed by atoms with Crippen molar-refractivity contribution in [2.45, 2.75) is 201 Å². The summed E-state index contributed by atoms with van der Waals surface area (Å²) in [6.45, 7) is 23.7. The number of benzene rings is 2. The summed E-state index contributed by atoms with van der Waals surface area (Å²) in [7, 11) is 6.07. The van der Waals surface area contributed by atoms with E-state index in [2.05, 4.69) is 31.9 Å². The number of anilines is 1. The monoisotopic (exact) mass is 1720 g/mol. The molecule has 121 heavy (non-hydrogen) atoms. The molecule has 2 heterocycles. The molecule has 0 unspecified atom stereocenters. The summed E-state index contributed by atoms with van der Waals surface area (Å²) in [6, 6.07) is 8.63. The zero-order chi connectivity index (χ0) is 89.3. The number of hydroxylamine groups is 2. The first kappa shape index (κ1) is 105. The van der Waals surface area contributed by atoms with Gasteiger partial charge >= 0.3 is 18.1 Å². The van der Waals surface area contributed by atoms with Gasteiger partial charge in [-0.05, 0) is 79.5 Å². The van der Waals surface area contributed by atoms with Crippen LogP contribution >= 0.6 is 0 Å². The van der Waals surface area contributed by atoms with Crippen LogP contribution in [-0.4, -0.2) is 311 Å². The SMILES string of the molecule is CC[C@H](C)[C@@H]([C@@H](CC(=O)N1CCC[C@H]1[C@H](OC)[C@@H](C)C(=O)N[C@H](C)[C@@H](O)c1ccccc1)OC)N(C)C(=O)[C@@H](NC(=O)[C@H](C(C)C)N(C)C(=O)OCc1ccc(NC(=O)[C@H](CCCNC(N)=O)NC(=O)[C@@H](NC(=O)CCOCCOCCOCCOCCOCCOCCOCCOCCOCCC(=O)ON2C(=O)CCC2=O)C(C)C)cc1)C(C)C. The molecule has 0 saturated carbocycles.